The fraction of sp³-hybridized carbons (Fsp3) is 0.467. The number of anilines is 1. The molecule has 1 amide bonds. The van der Waals surface area contributed by atoms with Gasteiger partial charge in [0.15, 0.2) is 0 Å². The van der Waals surface area contributed by atoms with Gasteiger partial charge in [-0.15, -0.1) is 0 Å². The molecule has 0 saturated carbocycles. The third kappa shape index (κ3) is 4.39. The second kappa shape index (κ2) is 6.92. The molecular weight excluding hydrogens is 242 g/mol. The van der Waals surface area contributed by atoms with Gasteiger partial charge in [-0.2, -0.15) is 0 Å². The van der Waals surface area contributed by atoms with Crippen LogP contribution in [0.2, 0.25) is 0 Å². The molecule has 0 aliphatic rings. The van der Waals surface area contributed by atoms with Crippen LogP contribution in [0.5, 0.6) is 0 Å². The van der Waals surface area contributed by atoms with Crippen molar-refractivity contribution in [2.75, 3.05) is 5.32 Å². The van der Waals surface area contributed by atoms with Crippen molar-refractivity contribution in [2.45, 2.75) is 33.6 Å². The molecule has 0 aromatic heterocycles. The predicted molar refractivity (Wildman–Crippen MR) is 75.3 cm³/mol. The van der Waals surface area contributed by atoms with Crippen LogP contribution in [0.1, 0.15) is 44.0 Å². The Balaban J connectivity index is 2.80. The van der Waals surface area contributed by atoms with E-state index in [-0.39, 0.29) is 23.3 Å². The molecule has 1 aromatic rings. The second-order valence-corrected chi connectivity index (χ2v) is 5.01. The van der Waals surface area contributed by atoms with Gasteiger partial charge in [-0.1, -0.05) is 33.3 Å². The lowest BCUT2D eigenvalue weighted by Gasteiger charge is -2.19. The molecule has 0 bridgehead atoms. The molecule has 0 aliphatic heterocycles. The highest BCUT2D eigenvalue weighted by atomic mass is 16.4. The van der Waals surface area contributed by atoms with Crippen molar-refractivity contribution in [1.29, 1.82) is 0 Å². The first-order chi connectivity index (χ1) is 8.95. The lowest BCUT2D eigenvalue weighted by atomic mass is 9.90. The number of carbonyl (C=O) groups is 2. The molecule has 0 saturated heterocycles. The Morgan fingerprint density at radius 1 is 1.32 bits per heavy atom. The fourth-order valence-electron chi connectivity index (χ4n) is 2.04. The smallest absolute Gasteiger partial charge is 0.335 e. The number of carboxylic acid groups (broad SMARTS) is 1. The molecule has 1 aromatic carbocycles. The molecule has 4 nitrogen and oxygen atoms in total. The van der Waals surface area contributed by atoms with Crippen LogP contribution in [-0.4, -0.2) is 17.0 Å². The average molecular weight is 263 g/mol. The molecule has 1 unspecified atom stereocenters. The Morgan fingerprint density at radius 2 is 2.00 bits per heavy atom. The Hall–Kier alpha value is -1.84. The second-order valence-electron chi connectivity index (χ2n) is 5.01. The monoisotopic (exact) mass is 263 g/mol. The minimum absolute atomic E-state index is 0.0422. The van der Waals surface area contributed by atoms with Crippen LogP contribution in [0.25, 0.3) is 0 Å². The van der Waals surface area contributed by atoms with Gasteiger partial charge in [-0.05, 0) is 30.5 Å². The van der Waals surface area contributed by atoms with Crippen molar-refractivity contribution in [1.82, 2.24) is 0 Å². The maximum absolute atomic E-state index is 12.2. The normalized spacial score (nSPS) is 12.2. The predicted octanol–water partition coefficient (Wildman–Crippen LogP) is 3.40. The highest BCUT2D eigenvalue weighted by Crippen LogP contribution is 2.20. The van der Waals surface area contributed by atoms with Gasteiger partial charge >= 0.3 is 5.97 Å². The standard InChI is InChI=1S/C15H21NO3/c1-4-6-13(10(2)3)14(17)16-12-8-5-7-11(9-12)15(18)19/h5,7-10,13H,4,6H2,1-3H3,(H,16,17)(H,18,19). The van der Waals surface area contributed by atoms with Gasteiger partial charge in [0.05, 0.1) is 5.56 Å². The van der Waals surface area contributed by atoms with Crippen molar-refractivity contribution in [3.8, 4) is 0 Å². The van der Waals surface area contributed by atoms with Crippen LogP contribution in [0.4, 0.5) is 5.69 Å². The molecule has 0 aliphatic carbocycles. The number of amides is 1. The summed E-state index contributed by atoms with van der Waals surface area (Å²) in [5.41, 5.74) is 0.709. The van der Waals surface area contributed by atoms with Gasteiger partial charge < -0.3 is 10.4 Å². The maximum atomic E-state index is 12.2. The molecule has 0 radical (unpaired) electrons. The first kappa shape index (κ1) is 15.2. The quantitative estimate of drug-likeness (QED) is 0.826. The zero-order valence-corrected chi connectivity index (χ0v) is 11.6. The van der Waals surface area contributed by atoms with Crippen LogP contribution in [0.15, 0.2) is 24.3 Å². The third-order valence-corrected chi connectivity index (χ3v) is 3.12. The zero-order chi connectivity index (χ0) is 14.4. The number of hydrogen-bond acceptors (Lipinski definition) is 2. The van der Waals surface area contributed by atoms with E-state index in [9.17, 15) is 9.59 Å². The molecule has 19 heavy (non-hydrogen) atoms. The van der Waals surface area contributed by atoms with Crippen molar-refractivity contribution < 1.29 is 14.7 Å². The highest BCUT2D eigenvalue weighted by Gasteiger charge is 2.21. The van der Waals surface area contributed by atoms with E-state index < -0.39 is 5.97 Å². The minimum Gasteiger partial charge on any atom is -0.478 e. The third-order valence-electron chi connectivity index (χ3n) is 3.12. The Kier molecular flexibility index (Phi) is 5.55. The Labute approximate surface area is 113 Å². The van der Waals surface area contributed by atoms with E-state index in [1.807, 2.05) is 20.8 Å². The topological polar surface area (TPSA) is 66.4 Å². The Morgan fingerprint density at radius 3 is 2.53 bits per heavy atom. The molecule has 1 rings (SSSR count). The SMILES string of the molecule is CCCC(C(=O)Nc1cccc(C(=O)O)c1)C(C)C. The van der Waals surface area contributed by atoms with Gasteiger partial charge in [0.25, 0.3) is 0 Å². The van der Waals surface area contributed by atoms with Crippen molar-refractivity contribution >= 4 is 17.6 Å². The summed E-state index contributed by atoms with van der Waals surface area (Å²) >= 11 is 0. The molecule has 0 fully saturated rings. The first-order valence-electron chi connectivity index (χ1n) is 6.60. The van der Waals surface area contributed by atoms with E-state index in [2.05, 4.69) is 5.32 Å². The van der Waals surface area contributed by atoms with Gasteiger partial charge in [-0.25, -0.2) is 4.79 Å². The van der Waals surface area contributed by atoms with E-state index in [0.29, 0.717) is 5.69 Å². The molecule has 104 valence electrons. The minimum atomic E-state index is -0.995. The van der Waals surface area contributed by atoms with Crippen LogP contribution < -0.4 is 5.32 Å². The van der Waals surface area contributed by atoms with Gasteiger partial charge in [-0.3, -0.25) is 4.79 Å². The van der Waals surface area contributed by atoms with Crippen LogP contribution in [-0.2, 0) is 4.79 Å². The van der Waals surface area contributed by atoms with Crippen molar-refractivity contribution in [3.05, 3.63) is 29.8 Å². The number of rotatable bonds is 6. The first-order valence-corrected chi connectivity index (χ1v) is 6.60. The van der Waals surface area contributed by atoms with E-state index in [1.54, 1.807) is 12.1 Å². The number of carboxylic acids is 1. The number of carbonyl (C=O) groups excluding carboxylic acids is 1. The van der Waals surface area contributed by atoms with E-state index in [1.165, 1.54) is 12.1 Å². The van der Waals surface area contributed by atoms with Crippen molar-refractivity contribution in [2.24, 2.45) is 11.8 Å². The lowest BCUT2D eigenvalue weighted by Crippen LogP contribution is -2.26. The van der Waals surface area contributed by atoms with Crippen molar-refractivity contribution in [3.63, 3.8) is 0 Å². The lowest BCUT2D eigenvalue weighted by molar-refractivity contribution is -0.121. The Bertz CT molecular complexity index is 454. The van der Waals surface area contributed by atoms with Crippen LogP contribution in [0.3, 0.4) is 0 Å². The van der Waals surface area contributed by atoms with E-state index in [4.69, 9.17) is 5.11 Å². The molecule has 2 N–H and O–H groups in total. The molecule has 0 spiro atoms. The summed E-state index contributed by atoms with van der Waals surface area (Å²) in [4.78, 5) is 23.0. The largest absolute Gasteiger partial charge is 0.478 e. The number of aromatic carboxylic acids is 1. The van der Waals surface area contributed by atoms with Gasteiger partial charge in [0.2, 0.25) is 5.91 Å². The van der Waals surface area contributed by atoms with Crippen LogP contribution >= 0.6 is 0 Å². The molecule has 4 heteroatoms. The number of benzene rings is 1. The number of hydrogen-bond donors (Lipinski definition) is 2. The molecule has 1 atom stereocenters. The average Bonchev–Trinajstić information content (AvgIpc) is 2.35. The van der Waals surface area contributed by atoms with Gasteiger partial charge in [0, 0.05) is 11.6 Å². The summed E-state index contributed by atoms with van der Waals surface area (Å²) in [5, 5.41) is 11.7. The summed E-state index contributed by atoms with van der Waals surface area (Å²) in [7, 11) is 0. The highest BCUT2D eigenvalue weighted by molar-refractivity contribution is 5.95. The molecular formula is C15H21NO3. The summed E-state index contributed by atoms with van der Waals surface area (Å²) < 4.78 is 0. The summed E-state index contributed by atoms with van der Waals surface area (Å²) in [6.45, 7) is 6.09. The summed E-state index contributed by atoms with van der Waals surface area (Å²) in [6.07, 6.45) is 1.79. The van der Waals surface area contributed by atoms with E-state index >= 15 is 0 Å². The fourth-order valence-corrected chi connectivity index (χ4v) is 2.04. The maximum Gasteiger partial charge on any atom is 0.335 e. The van der Waals surface area contributed by atoms with E-state index in [0.717, 1.165) is 12.8 Å². The van der Waals surface area contributed by atoms with Gasteiger partial charge in [0.1, 0.15) is 0 Å². The summed E-state index contributed by atoms with van der Waals surface area (Å²) in [5.74, 6) is -0.814. The van der Waals surface area contributed by atoms with Crippen LogP contribution in [0, 0.1) is 11.8 Å². The number of nitrogens with one attached hydrogen (secondary N) is 1. The molecule has 0 heterocycles. The zero-order valence-electron chi connectivity index (χ0n) is 11.6. The summed E-state index contributed by atoms with van der Waals surface area (Å²) in [6, 6.07) is 6.31.